The summed E-state index contributed by atoms with van der Waals surface area (Å²) < 4.78 is 11.3. The van der Waals surface area contributed by atoms with E-state index < -0.39 is 0 Å². The molecular formula is C24H28N2O4. The van der Waals surface area contributed by atoms with Crippen LogP contribution in [-0.4, -0.2) is 49.1 Å². The number of rotatable bonds is 6. The molecule has 4 rings (SSSR count). The molecule has 2 aromatic carbocycles. The largest absolute Gasteiger partial charge is 0.491 e. The van der Waals surface area contributed by atoms with Crippen molar-refractivity contribution in [2.24, 2.45) is 5.92 Å². The second-order valence-electron chi connectivity index (χ2n) is 7.89. The van der Waals surface area contributed by atoms with E-state index in [-0.39, 0.29) is 23.8 Å². The van der Waals surface area contributed by atoms with Gasteiger partial charge >= 0.3 is 0 Å². The molecule has 30 heavy (non-hydrogen) atoms. The quantitative estimate of drug-likeness (QED) is 0.791. The number of hydrogen-bond donors (Lipinski definition) is 1. The van der Waals surface area contributed by atoms with Crippen LogP contribution >= 0.6 is 0 Å². The number of likely N-dealkylation sites (tertiary alicyclic amines) is 1. The van der Waals surface area contributed by atoms with Crippen LogP contribution in [0.4, 0.5) is 5.69 Å². The van der Waals surface area contributed by atoms with Gasteiger partial charge in [0.1, 0.15) is 12.4 Å². The Balaban J connectivity index is 1.25. The van der Waals surface area contributed by atoms with Gasteiger partial charge in [0.25, 0.3) is 5.91 Å². The van der Waals surface area contributed by atoms with E-state index in [1.807, 2.05) is 47.4 Å². The molecule has 2 aliphatic rings. The van der Waals surface area contributed by atoms with Crippen molar-refractivity contribution in [1.82, 2.24) is 4.90 Å². The Morgan fingerprint density at radius 1 is 1.00 bits per heavy atom. The molecule has 0 aliphatic carbocycles. The smallest absolute Gasteiger partial charge is 0.253 e. The van der Waals surface area contributed by atoms with Crippen LogP contribution in [0.1, 0.15) is 36.0 Å². The predicted octanol–water partition coefficient (Wildman–Crippen LogP) is 3.74. The highest BCUT2D eigenvalue weighted by Gasteiger charge is 2.28. The number of benzene rings is 2. The van der Waals surface area contributed by atoms with Gasteiger partial charge in [-0.25, -0.2) is 0 Å². The molecule has 2 heterocycles. The summed E-state index contributed by atoms with van der Waals surface area (Å²) in [4.78, 5) is 27.1. The van der Waals surface area contributed by atoms with Gasteiger partial charge in [0.15, 0.2) is 0 Å². The lowest BCUT2D eigenvalue weighted by Gasteiger charge is -2.31. The highest BCUT2D eigenvalue weighted by Crippen LogP contribution is 2.22. The third kappa shape index (κ3) is 5.19. The first-order valence-corrected chi connectivity index (χ1v) is 10.7. The minimum absolute atomic E-state index is 0.00240. The van der Waals surface area contributed by atoms with E-state index in [1.165, 1.54) is 0 Å². The molecule has 2 fully saturated rings. The standard InChI is InChI=1S/C24H28N2O4/c27-23(25-20-5-2-1-3-6-20)18-12-14-26(15-13-18)24(28)19-8-10-21(11-9-19)30-17-22-7-4-16-29-22/h1-3,5-6,8-11,18,22H,4,7,12-17H2,(H,25,27). The van der Waals surface area contributed by atoms with E-state index in [0.29, 0.717) is 38.1 Å². The molecule has 0 bridgehead atoms. The van der Waals surface area contributed by atoms with Crippen LogP contribution in [0.15, 0.2) is 54.6 Å². The van der Waals surface area contributed by atoms with Crippen molar-refractivity contribution in [1.29, 1.82) is 0 Å². The number of carbonyl (C=O) groups is 2. The Morgan fingerprint density at radius 2 is 1.73 bits per heavy atom. The zero-order valence-electron chi connectivity index (χ0n) is 17.1. The fourth-order valence-corrected chi connectivity index (χ4v) is 3.95. The molecule has 2 aliphatic heterocycles. The maximum Gasteiger partial charge on any atom is 0.253 e. The first-order valence-electron chi connectivity index (χ1n) is 10.7. The molecule has 1 atom stereocenters. The van der Waals surface area contributed by atoms with Gasteiger partial charge < -0.3 is 19.7 Å². The van der Waals surface area contributed by atoms with E-state index in [0.717, 1.165) is 30.9 Å². The summed E-state index contributed by atoms with van der Waals surface area (Å²) in [6, 6.07) is 16.8. The summed E-state index contributed by atoms with van der Waals surface area (Å²) in [5, 5.41) is 2.96. The Labute approximate surface area is 177 Å². The number of nitrogens with zero attached hydrogens (tertiary/aromatic N) is 1. The molecule has 0 radical (unpaired) electrons. The number of ether oxygens (including phenoxy) is 2. The summed E-state index contributed by atoms with van der Waals surface area (Å²) in [6.45, 7) is 2.53. The molecule has 1 N–H and O–H groups in total. The molecular weight excluding hydrogens is 380 g/mol. The number of amides is 2. The van der Waals surface area contributed by atoms with Crippen molar-refractivity contribution in [2.75, 3.05) is 31.6 Å². The van der Waals surface area contributed by atoms with Crippen molar-refractivity contribution in [2.45, 2.75) is 31.8 Å². The van der Waals surface area contributed by atoms with E-state index in [9.17, 15) is 9.59 Å². The normalized spacial score (nSPS) is 19.5. The van der Waals surface area contributed by atoms with Crippen molar-refractivity contribution in [3.63, 3.8) is 0 Å². The first kappa shape index (κ1) is 20.4. The average molecular weight is 408 g/mol. The van der Waals surface area contributed by atoms with Gasteiger partial charge in [0, 0.05) is 36.9 Å². The van der Waals surface area contributed by atoms with E-state index in [1.54, 1.807) is 12.1 Å². The highest BCUT2D eigenvalue weighted by atomic mass is 16.5. The Morgan fingerprint density at radius 3 is 2.40 bits per heavy atom. The Bertz CT molecular complexity index is 839. The third-order valence-corrected chi connectivity index (χ3v) is 5.76. The Kier molecular flexibility index (Phi) is 6.64. The SMILES string of the molecule is O=C(Nc1ccccc1)C1CCN(C(=O)c2ccc(OCC3CCCO3)cc2)CC1. The molecule has 2 amide bonds. The lowest BCUT2D eigenvalue weighted by atomic mass is 9.95. The minimum atomic E-state index is -0.0668. The van der Waals surface area contributed by atoms with Gasteiger partial charge in [-0.15, -0.1) is 0 Å². The number of anilines is 1. The zero-order valence-corrected chi connectivity index (χ0v) is 17.1. The van der Waals surface area contributed by atoms with Crippen LogP contribution in [-0.2, 0) is 9.53 Å². The number of piperidine rings is 1. The molecule has 1 unspecified atom stereocenters. The lowest BCUT2D eigenvalue weighted by molar-refractivity contribution is -0.121. The topological polar surface area (TPSA) is 67.9 Å². The second kappa shape index (κ2) is 9.76. The van der Waals surface area contributed by atoms with Gasteiger partial charge in [-0.1, -0.05) is 18.2 Å². The second-order valence-corrected chi connectivity index (χ2v) is 7.89. The maximum atomic E-state index is 12.8. The molecule has 158 valence electrons. The summed E-state index contributed by atoms with van der Waals surface area (Å²) in [5.74, 6) is 0.713. The van der Waals surface area contributed by atoms with Crippen LogP contribution in [0.5, 0.6) is 5.75 Å². The van der Waals surface area contributed by atoms with Gasteiger partial charge in [-0.05, 0) is 62.1 Å². The van der Waals surface area contributed by atoms with Crippen LogP contribution in [0.2, 0.25) is 0 Å². The molecule has 0 saturated carbocycles. The number of nitrogens with one attached hydrogen (secondary N) is 1. The van der Waals surface area contributed by atoms with Gasteiger partial charge in [0.2, 0.25) is 5.91 Å². The fraction of sp³-hybridized carbons (Fsp3) is 0.417. The minimum Gasteiger partial charge on any atom is -0.491 e. The summed E-state index contributed by atoms with van der Waals surface area (Å²) in [5.41, 5.74) is 1.45. The average Bonchev–Trinajstić information content (AvgIpc) is 3.32. The monoisotopic (exact) mass is 408 g/mol. The fourth-order valence-electron chi connectivity index (χ4n) is 3.95. The predicted molar refractivity (Wildman–Crippen MR) is 115 cm³/mol. The van der Waals surface area contributed by atoms with Crippen molar-refractivity contribution >= 4 is 17.5 Å². The third-order valence-electron chi connectivity index (χ3n) is 5.76. The van der Waals surface area contributed by atoms with Crippen LogP contribution in [0.25, 0.3) is 0 Å². The zero-order chi connectivity index (χ0) is 20.8. The van der Waals surface area contributed by atoms with Gasteiger partial charge in [0.05, 0.1) is 6.10 Å². The molecule has 0 spiro atoms. The van der Waals surface area contributed by atoms with Crippen LogP contribution < -0.4 is 10.1 Å². The summed E-state index contributed by atoms with van der Waals surface area (Å²) in [7, 11) is 0. The number of para-hydroxylation sites is 1. The van der Waals surface area contributed by atoms with E-state index >= 15 is 0 Å². The molecule has 2 saturated heterocycles. The lowest BCUT2D eigenvalue weighted by Crippen LogP contribution is -2.41. The van der Waals surface area contributed by atoms with Gasteiger partial charge in [-0.2, -0.15) is 0 Å². The number of carbonyl (C=O) groups excluding carboxylic acids is 2. The Hall–Kier alpha value is -2.86. The van der Waals surface area contributed by atoms with Gasteiger partial charge in [-0.3, -0.25) is 9.59 Å². The number of hydrogen-bond acceptors (Lipinski definition) is 4. The maximum absolute atomic E-state index is 12.8. The summed E-state index contributed by atoms with van der Waals surface area (Å²) in [6.07, 6.45) is 3.65. The molecule has 6 heteroatoms. The van der Waals surface area contributed by atoms with Crippen molar-refractivity contribution in [3.8, 4) is 5.75 Å². The van der Waals surface area contributed by atoms with E-state index in [2.05, 4.69) is 5.32 Å². The van der Waals surface area contributed by atoms with Crippen LogP contribution in [0, 0.1) is 5.92 Å². The first-order chi connectivity index (χ1) is 14.7. The van der Waals surface area contributed by atoms with Crippen molar-refractivity contribution < 1.29 is 19.1 Å². The molecule has 6 nitrogen and oxygen atoms in total. The van der Waals surface area contributed by atoms with E-state index in [4.69, 9.17) is 9.47 Å². The van der Waals surface area contributed by atoms with Crippen LogP contribution in [0.3, 0.4) is 0 Å². The summed E-state index contributed by atoms with van der Waals surface area (Å²) >= 11 is 0. The molecule has 0 aromatic heterocycles. The van der Waals surface area contributed by atoms with Crippen molar-refractivity contribution in [3.05, 3.63) is 60.2 Å². The molecule has 2 aromatic rings. The highest BCUT2D eigenvalue weighted by molar-refractivity contribution is 5.95.